The normalized spacial score (nSPS) is 14.2. The number of hydrogen-bond donors (Lipinski definition) is 1. The number of quaternary nitrogens is 1. The highest BCUT2D eigenvalue weighted by Crippen LogP contribution is 2.38. The predicted octanol–water partition coefficient (Wildman–Crippen LogP) is 19.1. The summed E-state index contributed by atoms with van der Waals surface area (Å²) in [6, 6.07) is -0.909. The molecule has 0 heterocycles. The largest absolute Gasteiger partial charge is 0.756 e. The van der Waals surface area contributed by atoms with Gasteiger partial charge in [-0.25, -0.2) is 0 Å². The van der Waals surface area contributed by atoms with Gasteiger partial charge in [0, 0.05) is 12.8 Å². The highest BCUT2D eigenvalue weighted by atomic mass is 31.2. The summed E-state index contributed by atoms with van der Waals surface area (Å²) in [4.78, 5) is 40.0. The molecule has 10 heteroatoms. The first-order chi connectivity index (χ1) is 37.4. The second kappa shape index (κ2) is 56.5. The Labute approximate surface area is 476 Å². The fourth-order valence-electron chi connectivity index (χ4n) is 8.90. The molecule has 0 saturated carbocycles. The number of allylic oxidation sites excluding steroid dienone is 13. The molecule has 9 nitrogen and oxygen atoms in total. The van der Waals surface area contributed by atoms with Crippen LogP contribution in [-0.4, -0.2) is 69.4 Å². The maximum Gasteiger partial charge on any atom is 0.306 e. The van der Waals surface area contributed by atoms with Crippen LogP contribution in [0.5, 0.6) is 0 Å². The summed E-state index contributed by atoms with van der Waals surface area (Å²) in [5, 5.41) is 3.01. The van der Waals surface area contributed by atoms with E-state index in [0.717, 1.165) is 89.9 Å². The smallest absolute Gasteiger partial charge is 0.306 e. The van der Waals surface area contributed by atoms with Gasteiger partial charge in [0.25, 0.3) is 7.82 Å². The van der Waals surface area contributed by atoms with Crippen LogP contribution in [0.3, 0.4) is 0 Å². The molecule has 1 amide bonds. The Morgan fingerprint density at radius 2 is 0.831 bits per heavy atom. The van der Waals surface area contributed by atoms with E-state index < -0.39 is 26.6 Å². The van der Waals surface area contributed by atoms with E-state index in [1.165, 1.54) is 148 Å². The third kappa shape index (κ3) is 57.7. The monoisotopic (exact) mass is 1100 g/mol. The Kier molecular flexibility index (Phi) is 54.4. The number of amides is 1. The molecule has 446 valence electrons. The number of phosphoric ester groups is 1. The van der Waals surface area contributed by atoms with Gasteiger partial charge in [0.2, 0.25) is 5.91 Å². The molecule has 0 bridgehead atoms. The standard InChI is InChI=1S/C67H121N2O7P/c1-7-10-13-16-19-22-25-27-29-31-33-34-36-38-40-42-45-48-51-54-57-60-67(71)76-65(58-55-52-49-46-43-24-21-18-15-12-9-3)64(63-75-77(72,73)74-62-61-69(4,5)6)68-66(70)59-56-53-50-47-44-41-39-37-35-32-30-28-26-23-20-17-14-11-8-2/h11,14,20,23,27-30,35,37,41,44,55,58,64-65H,7-10,12-13,15-19,21-22,24-26,31-34,36,38-40,42-43,45-54,56-57,59-63H2,1-6H3,(H-,68,70,72,73)/b14-11-,23-20-,29-27+,30-28-,37-35-,44-41-,58-55+. The summed E-state index contributed by atoms with van der Waals surface area (Å²) in [6.45, 7) is 6.70. The zero-order valence-corrected chi connectivity index (χ0v) is 51.8. The zero-order chi connectivity index (χ0) is 56.4. The first kappa shape index (κ1) is 74.2. The number of nitrogens with zero attached hydrogens (tertiary/aromatic N) is 1. The molecule has 0 aliphatic rings. The van der Waals surface area contributed by atoms with E-state index in [2.05, 4.69) is 99.0 Å². The number of hydrogen-bond acceptors (Lipinski definition) is 7. The highest BCUT2D eigenvalue weighted by Gasteiger charge is 2.27. The molecule has 0 aliphatic heterocycles. The summed E-state index contributed by atoms with van der Waals surface area (Å²) in [5.41, 5.74) is 0. The molecule has 0 spiro atoms. The summed E-state index contributed by atoms with van der Waals surface area (Å²) in [5.74, 6) is -0.579. The van der Waals surface area contributed by atoms with Crippen LogP contribution in [0.1, 0.15) is 278 Å². The number of likely N-dealkylation sites (N-methyl/N-ethyl adjacent to an activating group) is 1. The van der Waals surface area contributed by atoms with Crippen molar-refractivity contribution in [1.29, 1.82) is 0 Å². The second-order valence-electron chi connectivity index (χ2n) is 22.5. The van der Waals surface area contributed by atoms with E-state index in [-0.39, 0.29) is 31.3 Å². The molecular formula is C67H121N2O7P. The Bertz CT molecular complexity index is 1590. The quantitative estimate of drug-likeness (QED) is 0.0212. The van der Waals surface area contributed by atoms with Gasteiger partial charge in [-0.15, -0.1) is 0 Å². The Morgan fingerprint density at radius 3 is 1.27 bits per heavy atom. The van der Waals surface area contributed by atoms with Crippen molar-refractivity contribution in [2.45, 2.75) is 290 Å². The fraction of sp³-hybridized carbons (Fsp3) is 0.761. The van der Waals surface area contributed by atoms with Crippen molar-refractivity contribution < 1.29 is 37.3 Å². The summed E-state index contributed by atoms with van der Waals surface area (Å²) in [7, 11) is 1.16. The van der Waals surface area contributed by atoms with Gasteiger partial charge in [-0.05, 0) is 102 Å². The van der Waals surface area contributed by atoms with Gasteiger partial charge in [0.15, 0.2) is 0 Å². The van der Waals surface area contributed by atoms with Crippen LogP contribution in [0.4, 0.5) is 0 Å². The topological polar surface area (TPSA) is 114 Å². The molecule has 0 saturated heterocycles. The van der Waals surface area contributed by atoms with E-state index in [9.17, 15) is 19.0 Å². The molecule has 0 rings (SSSR count). The summed E-state index contributed by atoms with van der Waals surface area (Å²) < 4.78 is 30.3. The van der Waals surface area contributed by atoms with Crippen LogP contribution in [0.25, 0.3) is 0 Å². The first-order valence-electron chi connectivity index (χ1n) is 31.9. The maximum atomic E-state index is 13.5. The minimum atomic E-state index is -4.71. The molecule has 0 aliphatic carbocycles. The van der Waals surface area contributed by atoms with Gasteiger partial charge in [-0.3, -0.25) is 14.2 Å². The SMILES string of the molecule is CC/C=C\C/C=C\C/C=C\C/C=C\C/C=C\CCCCCC(=O)NC(COP(=O)([O-])OCC[N+](C)(C)C)C(/C=C/CCCCCCCCCCC)OC(=O)CCCCCCCCCCCCC/C=C/CCCCCCCC. The lowest BCUT2D eigenvalue weighted by Crippen LogP contribution is -2.47. The number of esters is 1. The van der Waals surface area contributed by atoms with E-state index in [4.69, 9.17) is 13.8 Å². The molecule has 77 heavy (non-hydrogen) atoms. The fourth-order valence-corrected chi connectivity index (χ4v) is 9.62. The lowest BCUT2D eigenvalue weighted by Gasteiger charge is -2.30. The number of ether oxygens (including phenoxy) is 1. The predicted molar refractivity (Wildman–Crippen MR) is 330 cm³/mol. The van der Waals surface area contributed by atoms with E-state index in [1.54, 1.807) is 0 Å². The van der Waals surface area contributed by atoms with Crippen molar-refractivity contribution >= 4 is 19.7 Å². The van der Waals surface area contributed by atoms with Crippen LogP contribution in [0.2, 0.25) is 0 Å². The molecule has 3 unspecified atom stereocenters. The van der Waals surface area contributed by atoms with Crippen molar-refractivity contribution in [2.24, 2.45) is 0 Å². The number of nitrogens with one attached hydrogen (secondary N) is 1. The summed E-state index contributed by atoms with van der Waals surface area (Å²) in [6.07, 6.45) is 74.1. The van der Waals surface area contributed by atoms with E-state index in [1.807, 2.05) is 33.3 Å². The van der Waals surface area contributed by atoms with Gasteiger partial charge in [0.05, 0.1) is 33.8 Å². The van der Waals surface area contributed by atoms with Crippen molar-refractivity contribution in [1.82, 2.24) is 5.32 Å². The average Bonchev–Trinajstić information content (AvgIpc) is 3.39. The van der Waals surface area contributed by atoms with Crippen molar-refractivity contribution in [3.63, 3.8) is 0 Å². The maximum absolute atomic E-state index is 13.5. The molecule has 0 radical (unpaired) electrons. The van der Waals surface area contributed by atoms with Gasteiger partial charge in [0.1, 0.15) is 19.3 Å². The molecule has 0 aromatic heterocycles. The molecule has 1 N–H and O–H groups in total. The van der Waals surface area contributed by atoms with Gasteiger partial charge >= 0.3 is 5.97 Å². The van der Waals surface area contributed by atoms with E-state index >= 15 is 0 Å². The zero-order valence-electron chi connectivity index (χ0n) is 50.9. The van der Waals surface area contributed by atoms with Crippen LogP contribution < -0.4 is 10.2 Å². The number of rotatable bonds is 57. The van der Waals surface area contributed by atoms with Crippen LogP contribution in [0, 0.1) is 0 Å². The number of carbonyl (C=O) groups is 2. The third-order valence-electron chi connectivity index (χ3n) is 13.8. The Hall–Kier alpha value is -2.81. The van der Waals surface area contributed by atoms with Crippen LogP contribution in [0.15, 0.2) is 85.1 Å². The van der Waals surface area contributed by atoms with Crippen LogP contribution >= 0.6 is 7.82 Å². The van der Waals surface area contributed by atoms with Crippen molar-refractivity contribution in [2.75, 3.05) is 40.9 Å². The van der Waals surface area contributed by atoms with Crippen molar-refractivity contribution in [3.05, 3.63) is 85.1 Å². The number of carbonyl (C=O) groups excluding carboxylic acids is 2. The molecule has 0 aromatic carbocycles. The second-order valence-corrected chi connectivity index (χ2v) is 23.9. The molecule has 3 atom stereocenters. The van der Waals surface area contributed by atoms with Gasteiger partial charge in [-0.1, -0.05) is 247 Å². The molecular weight excluding hydrogens is 976 g/mol. The van der Waals surface area contributed by atoms with Gasteiger partial charge in [-0.2, -0.15) is 0 Å². The number of phosphoric acid groups is 1. The molecule has 0 aromatic rings. The number of unbranched alkanes of at least 4 members (excludes halogenated alkanes) is 29. The first-order valence-corrected chi connectivity index (χ1v) is 33.4. The Balaban J connectivity index is 5.23. The van der Waals surface area contributed by atoms with Gasteiger partial charge < -0.3 is 28.5 Å². The molecule has 0 fully saturated rings. The lowest BCUT2D eigenvalue weighted by molar-refractivity contribution is -0.870. The lowest BCUT2D eigenvalue weighted by atomic mass is 10.0. The average molecular weight is 1100 g/mol. The van der Waals surface area contributed by atoms with E-state index in [0.29, 0.717) is 17.4 Å². The minimum absolute atomic E-state index is 0.0321. The minimum Gasteiger partial charge on any atom is -0.756 e. The third-order valence-corrected chi connectivity index (χ3v) is 14.8. The van der Waals surface area contributed by atoms with Crippen LogP contribution in [-0.2, 0) is 27.9 Å². The Morgan fingerprint density at radius 1 is 0.468 bits per heavy atom. The highest BCUT2D eigenvalue weighted by molar-refractivity contribution is 7.45. The van der Waals surface area contributed by atoms with Crippen molar-refractivity contribution in [3.8, 4) is 0 Å². The summed E-state index contributed by atoms with van der Waals surface area (Å²) >= 11 is 0.